The lowest BCUT2D eigenvalue weighted by atomic mass is 10.0. The summed E-state index contributed by atoms with van der Waals surface area (Å²) in [7, 11) is 0. The number of nitrogens with zero attached hydrogens (tertiary/aromatic N) is 1. The minimum absolute atomic E-state index is 0.0341. The minimum Gasteiger partial charge on any atom is -0.370 e. The first kappa shape index (κ1) is 17.8. The zero-order chi connectivity index (χ0) is 17.6. The molecule has 136 valence electrons. The second-order valence-corrected chi connectivity index (χ2v) is 7.38. The predicted molar refractivity (Wildman–Crippen MR) is 101 cm³/mol. The van der Waals surface area contributed by atoms with Crippen molar-refractivity contribution in [3.05, 3.63) is 23.8 Å². The van der Waals surface area contributed by atoms with E-state index in [0.717, 1.165) is 43.7 Å². The van der Waals surface area contributed by atoms with Crippen LogP contribution in [-0.4, -0.2) is 24.9 Å². The Balaban J connectivity index is 1.70. The van der Waals surface area contributed by atoms with Gasteiger partial charge in [-0.05, 0) is 49.8 Å². The molecule has 2 fully saturated rings. The van der Waals surface area contributed by atoms with Crippen molar-refractivity contribution in [3.63, 3.8) is 0 Å². The van der Waals surface area contributed by atoms with E-state index >= 15 is 0 Å². The summed E-state index contributed by atoms with van der Waals surface area (Å²) in [4.78, 5) is 26.3. The minimum atomic E-state index is -0.466. The van der Waals surface area contributed by atoms with Gasteiger partial charge in [-0.2, -0.15) is 0 Å². The summed E-state index contributed by atoms with van der Waals surface area (Å²) in [6.07, 6.45) is 10.2. The van der Waals surface area contributed by atoms with Crippen molar-refractivity contribution in [1.82, 2.24) is 0 Å². The van der Waals surface area contributed by atoms with Gasteiger partial charge < -0.3 is 16.0 Å². The van der Waals surface area contributed by atoms with Crippen LogP contribution in [0, 0.1) is 5.92 Å². The SMILES string of the molecule is NC(=O)c1ccc(N2CCCCC2)c(NC(=O)CCC2CCCC2)c1. The normalized spacial score (nSPS) is 18.3. The first-order valence-electron chi connectivity index (χ1n) is 9.62. The van der Waals surface area contributed by atoms with E-state index in [1.807, 2.05) is 6.07 Å². The number of primary amides is 1. The monoisotopic (exact) mass is 343 g/mol. The molecule has 0 atom stereocenters. The molecule has 25 heavy (non-hydrogen) atoms. The Bertz CT molecular complexity index is 617. The van der Waals surface area contributed by atoms with Gasteiger partial charge in [0.1, 0.15) is 0 Å². The van der Waals surface area contributed by atoms with Gasteiger partial charge in [-0.1, -0.05) is 25.7 Å². The molecule has 3 rings (SSSR count). The Hall–Kier alpha value is -2.04. The molecule has 5 nitrogen and oxygen atoms in total. The number of hydrogen-bond acceptors (Lipinski definition) is 3. The van der Waals surface area contributed by atoms with Gasteiger partial charge in [0.2, 0.25) is 11.8 Å². The lowest BCUT2D eigenvalue weighted by Gasteiger charge is -2.30. The fourth-order valence-electron chi connectivity index (χ4n) is 4.05. The summed E-state index contributed by atoms with van der Waals surface area (Å²) in [6.45, 7) is 1.97. The summed E-state index contributed by atoms with van der Waals surface area (Å²) in [5.41, 5.74) is 7.57. The van der Waals surface area contributed by atoms with Crippen molar-refractivity contribution in [2.45, 2.75) is 57.8 Å². The molecule has 0 aromatic heterocycles. The number of benzene rings is 1. The van der Waals surface area contributed by atoms with Crippen LogP contribution >= 0.6 is 0 Å². The number of rotatable bonds is 6. The number of amides is 2. The third-order valence-corrected chi connectivity index (χ3v) is 5.51. The third kappa shape index (κ3) is 4.74. The molecule has 0 unspecified atom stereocenters. The lowest BCUT2D eigenvalue weighted by molar-refractivity contribution is -0.116. The molecular formula is C20H29N3O2. The number of anilines is 2. The fourth-order valence-corrected chi connectivity index (χ4v) is 4.05. The Morgan fingerprint density at radius 2 is 1.80 bits per heavy atom. The highest BCUT2D eigenvalue weighted by Crippen LogP contribution is 2.31. The highest BCUT2D eigenvalue weighted by molar-refractivity contribution is 5.99. The highest BCUT2D eigenvalue weighted by Gasteiger charge is 2.19. The Labute approximate surface area is 150 Å². The number of nitrogens with one attached hydrogen (secondary N) is 1. The van der Waals surface area contributed by atoms with E-state index in [1.54, 1.807) is 12.1 Å². The molecule has 2 aliphatic rings. The van der Waals surface area contributed by atoms with Crippen LogP contribution in [0.2, 0.25) is 0 Å². The van der Waals surface area contributed by atoms with E-state index < -0.39 is 5.91 Å². The van der Waals surface area contributed by atoms with Crippen molar-refractivity contribution in [3.8, 4) is 0 Å². The van der Waals surface area contributed by atoms with Crippen LogP contribution in [0.1, 0.15) is 68.1 Å². The molecule has 0 radical (unpaired) electrons. The van der Waals surface area contributed by atoms with Crippen molar-refractivity contribution in [2.24, 2.45) is 11.7 Å². The molecule has 3 N–H and O–H groups in total. The molecule has 2 amide bonds. The molecule has 1 saturated carbocycles. The molecule has 5 heteroatoms. The van der Waals surface area contributed by atoms with Crippen LogP contribution in [-0.2, 0) is 4.79 Å². The van der Waals surface area contributed by atoms with Crippen LogP contribution in [0.5, 0.6) is 0 Å². The highest BCUT2D eigenvalue weighted by atomic mass is 16.2. The first-order chi connectivity index (χ1) is 12.1. The zero-order valence-electron chi connectivity index (χ0n) is 14.9. The second kappa shape index (κ2) is 8.37. The molecule has 1 aromatic carbocycles. The van der Waals surface area contributed by atoms with E-state index in [1.165, 1.54) is 32.1 Å². The molecule has 1 saturated heterocycles. The topological polar surface area (TPSA) is 75.4 Å². The molecule has 0 bridgehead atoms. The van der Waals surface area contributed by atoms with Crippen LogP contribution < -0.4 is 16.0 Å². The standard InChI is InChI=1S/C20H29N3O2/c21-20(25)16-9-10-18(23-12-4-1-5-13-23)17(14-16)22-19(24)11-8-15-6-2-3-7-15/h9-10,14-15H,1-8,11-13H2,(H2,21,25)(H,22,24). The van der Waals surface area contributed by atoms with E-state index in [0.29, 0.717) is 17.9 Å². The van der Waals surface area contributed by atoms with Crippen molar-refractivity contribution >= 4 is 23.2 Å². The van der Waals surface area contributed by atoms with Gasteiger partial charge in [-0.25, -0.2) is 0 Å². The molecule has 1 heterocycles. The third-order valence-electron chi connectivity index (χ3n) is 5.51. The van der Waals surface area contributed by atoms with Gasteiger partial charge in [0, 0.05) is 25.1 Å². The average Bonchev–Trinajstić information content (AvgIpc) is 3.14. The number of carbonyl (C=O) groups excluding carboxylic acids is 2. The maximum absolute atomic E-state index is 12.4. The van der Waals surface area contributed by atoms with Gasteiger partial charge in [-0.3, -0.25) is 9.59 Å². The predicted octanol–water partition coefficient (Wildman–Crippen LogP) is 3.68. The maximum atomic E-state index is 12.4. The summed E-state index contributed by atoms with van der Waals surface area (Å²) < 4.78 is 0. The van der Waals surface area contributed by atoms with Crippen LogP contribution in [0.4, 0.5) is 11.4 Å². The van der Waals surface area contributed by atoms with E-state index in [9.17, 15) is 9.59 Å². The Morgan fingerprint density at radius 3 is 2.48 bits per heavy atom. The number of hydrogen-bond donors (Lipinski definition) is 2. The molecule has 1 aromatic rings. The van der Waals surface area contributed by atoms with Gasteiger partial charge in [0.05, 0.1) is 11.4 Å². The smallest absolute Gasteiger partial charge is 0.248 e. The largest absolute Gasteiger partial charge is 0.370 e. The van der Waals surface area contributed by atoms with Crippen LogP contribution in [0.25, 0.3) is 0 Å². The van der Waals surface area contributed by atoms with Gasteiger partial charge in [0.15, 0.2) is 0 Å². The van der Waals surface area contributed by atoms with E-state index in [-0.39, 0.29) is 5.91 Å². The average molecular weight is 343 g/mol. The van der Waals surface area contributed by atoms with Gasteiger partial charge in [0.25, 0.3) is 0 Å². The number of carbonyl (C=O) groups is 2. The lowest BCUT2D eigenvalue weighted by Crippen LogP contribution is -2.30. The summed E-state index contributed by atoms with van der Waals surface area (Å²) in [6, 6.07) is 5.39. The van der Waals surface area contributed by atoms with Crippen LogP contribution in [0.3, 0.4) is 0 Å². The summed E-state index contributed by atoms with van der Waals surface area (Å²) >= 11 is 0. The van der Waals surface area contributed by atoms with E-state index in [2.05, 4.69) is 10.2 Å². The zero-order valence-corrected chi connectivity index (χ0v) is 14.9. The summed E-state index contributed by atoms with van der Waals surface area (Å²) in [5, 5.41) is 3.04. The van der Waals surface area contributed by atoms with Gasteiger partial charge in [-0.15, -0.1) is 0 Å². The molecule has 1 aliphatic carbocycles. The van der Waals surface area contributed by atoms with E-state index in [4.69, 9.17) is 5.73 Å². The molecule has 1 aliphatic heterocycles. The van der Waals surface area contributed by atoms with Gasteiger partial charge >= 0.3 is 0 Å². The second-order valence-electron chi connectivity index (χ2n) is 7.38. The Kier molecular flexibility index (Phi) is 5.95. The fraction of sp³-hybridized carbons (Fsp3) is 0.600. The molecule has 0 spiro atoms. The van der Waals surface area contributed by atoms with Crippen molar-refractivity contribution in [2.75, 3.05) is 23.3 Å². The van der Waals surface area contributed by atoms with Crippen molar-refractivity contribution < 1.29 is 9.59 Å². The van der Waals surface area contributed by atoms with Crippen LogP contribution in [0.15, 0.2) is 18.2 Å². The molecular weight excluding hydrogens is 314 g/mol. The summed E-state index contributed by atoms with van der Waals surface area (Å²) in [5.74, 6) is 0.266. The maximum Gasteiger partial charge on any atom is 0.248 e. The Morgan fingerprint density at radius 1 is 1.08 bits per heavy atom. The first-order valence-corrected chi connectivity index (χ1v) is 9.62. The number of piperidine rings is 1. The number of nitrogens with two attached hydrogens (primary N) is 1. The van der Waals surface area contributed by atoms with Crippen molar-refractivity contribution in [1.29, 1.82) is 0 Å². The quantitative estimate of drug-likeness (QED) is 0.827.